The molecule has 2 amide bonds. The Balaban J connectivity index is 0.000000704. The van der Waals surface area contributed by atoms with E-state index in [9.17, 15) is 9.59 Å². The topological polar surface area (TPSA) is 74.8 Å². The molecule has 1 saturated heterocycles. The number of imide groups is 1. The Kier molecular flexibility index (Phi) is 4.17. The summed E-state index contributed by atoms with van der Waals surface area (Å²) in [5.41, 5.74) is 2.79. The van der Waals surface area contributed by atoms with Gasteiger partial charge in [-0.05, 0) is 25.0 Å². The lowest BCUT2D eigenvalue weighted by molar-refractivity contribution is -0.134. The third-order valence-electron chi connectivity index (χ3n) is 3.33. The molecule has 0 bridgehead atoms. The predicted octanol–water partition coefficient (Wildman–Crippen LogP) is 2.42. The number of aryl methyl sites for hydroxylation is 1. The fourth-order valence-corrected chi connectivity index (χ4v) is 2.38. The van der Waals surface area contributed by atoms with Gasteiger partial charge in [0.15, 0.2) is 0 Å². The van der Waals surface area contributed by atoms with Gasteiger partial charge in [-0.2, -0.15) is 5.10 Å². The molecule has 1 fully saturated rings. The summed E-state index contributed by atoms with van der Waals surface area (Å²) in [6.45, 7) is 6.00. The van der Waals surface area contributed by atoms with Gasteiger partial charge in [0.2, 0.25) is 11.8 Å². The minimum atomic E-state index is -0.310. The van der Waals surface area contributed by atoms with Crippen LogP contribution in [0.1, 0.15) is 43.9 Å². The van der Waals surface area contributed by atoms with Crippen molar-refractivity contribution in [3.63, 3.8) is 0 Å². The van der Waals surface area contributed by atoms with Crippen molar-refractivity contribution in [2.75, 3.05) is 0 Å². The molecule has 106 valence electrons. The fraction of sp³-hybridized carbons (Fsp3) is 0.400. The van der Waals surface area contributed by atoms with Gasteiger partial charge in [-0.15, -0.1) is 0 Å². The summed E-state index contributed by atoms with van der Waals surface area (Å²) in [6, 6.07) is 5.93. The van der Waals surface area contributed by atoms with Gasteiger partial charge in [0.05, 0.1) is 17.1 Å². The first kappa shape index (κ1) is 14.2. The van der Waals surface area contributed by atoms with Gasteiger partial charge in [-0.3, -0.25) is 20.0 Å². The van der Waals surface area contributed by atoms with Crippen LogP contribution in [0.25, 0.3) is 10.9 Å². The molecule has 1 aromatic carbocycles. The molecule has 20 heavy (non-hydrogen) atoms. The highest BCUT2D eigenvalue weighted by atomic mass is 16.2. The van der Waals surface area contributed by atoms with E-state index in [1.165, 1.54) is 0 Å². The summed E-state index contributed by atoms with van der Waals surface area (Å²) in [7, 11) is 0. The molecule has 2 heterocycles. The van der Waals surface area contributed by atoms with E-state index in [2.05, 4.69) is 15.5 Å². The number of carbonyl (C=O) groups excluding carboxylic acids is 2. The molecule has 2 N–H and O–H groups in total. The highest BCUT2D eigenvalue weighted by Crippen LogP contribution is 2.29. The predicted molar refractivity (Wildman–Crippen MR) is 77.3 cm³/mol. The lowest BCUT2D eigenvalue weighted by atomic mass is 9.92. The zero-order valence-corrected chi connectivity index (χ0v) is 12.0. The Morgan fingerprint density at radius 1 is 1.25 bits per heavy atom. The van der Waals surface area contributed by atoms with E-state index >= 15 is 0 Å². The van der Waals surface area contributed by atoms with Gasteiger partial charge in [-0.25, -0.2) is 0 Å². The van der Waals surface area contributed by atoms with E-state index in [1.807, 2.05) is 39.0 Å². The van der Waals surface area contributed by atoms with Gasteiger partial charge in [0.1, 0.15) is 0 Å². The monoisotopic (exact) mass is 273 g/mol. The Bertz CT molecular complexity index is 646. The molecule has 5 heteroatoms. The van der Waals surface area contributed by atoms with Crippen LogP contribution in [0.4, 0.5) is 0 Å². The molecule has 1 aliphatic heterocycles. The van der Waals surface area contributed by atoms with Crippen LogP contribution in [0.2, 0.25) is 0 Å². The SMILES string of the molecule is CC.Cc1ccc2c(C3CCC(=O)NC3=O)[nH]nc2c1. The summed E-state index contributed by atoms with van der Waals surface area (Å²) in [4.78, 5) is 23.0. The molecule has 3 rings (SSSR count). The van der Waals surface area contributed by atoms with Crippen molar-refractivity contribution in [2.24, 2.45) is 0 Å². The van der Waals surface area contributed by atoms with Crippen molar-refractivity contribution in [3.8, 4) is 0 Å². The number of hydrogen-bond acceptors (Lipinski definition) is 3. The first-order chi connectivity index (χ1) is 9.65. The third kappa shape index (κ3) is 2.57. The van der Waals surface area contributed by atoms with Crippen LogP contribution in [0.3, 0.4) is 0 Å². The van der Waals surface area contributed by atoms with Crippen molar-refractivity contribution in [3.05, 3.63) is 29.5 Å². The molecule has 1 aromatic heterocycles. The number of amides is 2. The molecule has 1 atom stereocenters. The minimum absolute atomic E-state index is 0.198. The number of carbonyl (C=O) groups is 2. The molecule has 2 aromatic rings. The molecule has 0 spiro atoms. The van der Waals surface area contributed by atoms with Gasteiger partial charge in [-0.1, -0.05) is 26.0 Å². The zero-order valence-electron chi connectivity index (χ0n) is 12.0. The number of piperidine rings is 1. The number of aromatic nitrogens is 2. The normalized spacial score (nSPS) is 18.4. The second-order valence-electron chi connectivity index (χ2n) is 4.66. The third-order valence-corrected chi connectivity index (χ3v) is 3.33. The molecule has 5 nitrogen and oxygen atoms in total. The van der Waals surface area contributed by atoms with Crippen molar-refractivity contribution >= 4 is 22.7 Å². The minimum Gasteiger partial charge on any atom is -0.296 e. The van der Waals surface area contributed by atoms with Crippen LogP contribution in [0.15, 0.2) is 18.2 Å². The molecule has 0 saturated carbocycles. The first-order valence-electron chi connectivity index (χ1n) is 6.93. The van der Waals surface area contributed by atoms with E-state index in [0.29, 0.717) is 12.8 Å². The van der Waals surface area contributed by atoms with E-state index in [-0.39, 0.29) is 17.7 Å². The number of hydrogen-bond donors (Lipinski definition) is 2. The number of nitrogens with zero attached hydrogens (tertiary/aromatic N) is 1. The van der Waals surface area contributed by atoms with Gasteiger partial charge < -0.3 is 0 Å². The lowest BCUT2D eigenvalue weighted by Crippen LogP contribution is -2.39. The molecule has 1 unspecified atom stereocenters. The number of fused-ring (bicyclic) bond motifs is 1. The number of H-pyrrole nitrogens is 1. The number of rotatable bonds is 1. The average Bonchev–Trinajstić information content (AvgIpc) is 2.84. The zero-order chi connectivity index (χ0) is 14.7. The Labute approximate surface area is 117 Å². The Morgan fingerprint density at radius 2 is 2.00 bits per heavy atom. The van der Waals surface area contributed by atoms with Crippen LogP contribution in [-0.2, 0) is 9.59 Å². The lowest BCUT2D eigenvalue weighted by Gasteiger charge is -2.19. The molecular weight excluding hydrogens is 254 g/mol. The number of benzene rings is 1. The Morgan fingerprint density at radius 3 is 2.70 bits per heavy atom. The maximum atomic E-state index is 11.8. The highest BCUT2D eigenvalue weighted by Gasteiger charge is 2.30. The van der Waals surface area contributed by atoms with E-state index in [1.54, 1.807) is 0 Å². The summed E-state index contributed by atoms with van der Waals surface area (Å²) in [5.74, 6) is -0.747. The van der Waals surface area contributed by atoms with Crippen molar-refractivity contribution in [1.82, 2.24) is 15.5 Å². The van der Waals surface area contributed by atoms with Gasteiger partial charge in [0, 0.05) is 11.8 Å². The second-order valence-corrected chi connectivity index (χ2v) is 4.66. The maximum Gasteiger partial charge on any atom is 0.235 e. The standard InChI is InChI=1S/C13H13N3O2.C2H6/c1-7-2-3-8-10(6-7)15-16-12(8)9-4-5-11(17)14-13(9)18;1-2/h2-3,6,9H,4-5H2,1H3,(H,15,16)(H,14,17,18);1-2H3. The quantitative estimate of drug-likeness (QED) is 0.783. The van der Waals surface area contributed by atoms with Gasteiger partial charge in [0.25, 0.3) is 0 Å². The van der Waals surface area contributed by atoms with Crippen molar-refractivity contribution < 1.29 is 9.59 Å². The molecular formula is C15H19N3O2. The summed E-state index contributed by atoms with van der Waals surface area (Å²) >= 11 is 0. The molecule has 0 aliphatic carbocycles. The maximum absolute atomic E-state index is 11.8. The van der Waals surface area contributed by atoms with Crippen LogP contribution in [-0.4, -0.2) is 22.0 Å². The smallest absolute Gasteiger partial charge is 0.235 e. The summed E-state index contributed by atoms with van der Waals surface area (Å²) in [6.07, 6.45) is 0.915. The second kappa shape index (κ2) is 5.86. The number of aromatic amines is 1. The highest BCUT2D eigenvalue weighted by molar-refractivity contribution is 6.02. The summed E-state index contributed by atoms with van der Waals surface area (Å²) < 4.78 is 0. The average molecular weight is 273 g/mol. The van der Waals surface area contributed by atoms with E-state index < -0.39 is 0 Å². The van der Waals surface area contributed by atoms with Gasteiger partial charge >= 0.3 is 0 Å². The van der Waals surface area contributed by atoms with E-state index in [0.717, 1.165) is 22.2 Å². The largest absolute Gasteiger partial charge is 0.296 e. The molecule has 0 radical (unpaired) electrons. The van der Waals surface area contributed by atoms with Crippen LogP contribution < -0.4 is 5.32 Å². The first-order valence-corrected chi connectivity index (χ1v) is 6.93. The van der Waals surface area contributed by atoms with E-state index in [4.69, 9.17) is 0 Å². The fourth-order valence-electron chi connectivity index (χ4n) is 2.38. The van der Waals surface area contributed by atoms with Crippen LogP contribution in [0.5, 0.6) is 0 Å². The van der Waals surface area contributed by atoms with Crippen LogP contribution in [0, 0.1) is 6.92 Å². The Hall–Kier alpha value is -2.17. The van der Waals surface area contributed by atoms with Crippen LogP contribution >= 0.6 is 0 Å². The number of nitrogens with one attached hydrogen (secondary N) is 2. The van der Waals surface area contributed by atoms with Crippen molar-refractivity contribution in [2.45, 2.75) is 39.5 Å². The summed E-state index contributed by atoms with van der Waals surface area (Å²) in [5, 5.41) is 10.5. The molecule has 1 aliphatic rings. The van der Waals surface area contributed by atoms with Crippen molar-refractivity contribution in [1.29, 1.82) is 0 Å².